The SMILES string of the molecule is COC(=O)[C@H]1C(c2c(O)oc3ccccc23)=NC[C@@H]1C(=O)OC. The Labute approximate surface area is 131 Å². The fourth-order valence-electron chi connectivity index (χ4n) is 2.87. The van der Waals surface area contributed by atoms with Gasteiger partial charge in [-0.25, -0.2) is 0 Å². The molecule has 2 atom stereocenters. The predicted octanol–water partition coefficient (Wildman–Crippen LogP) is 1.52. The van der Waals surface area contributed by atoms with Crippen molar-refractivity contribution >= 4 is 28.6 Å². The number of aliphatic imine (C=N–C) groups is 1. The van der Waals surface area contributed by atoms with Crippen molar-refractivity contribution in [3.05, 3.63) is 29.8 Å². The third-order valence-corrected chi connectivity index (χ3v) is 3.95. The molecule has 2 aromatic rings. The molecule has 1 N–H and O–H groups in total. The van der Waals surface area contributed by atoms with Gasteiger partial charge in [0.1, 0.15) is 11.5 Å². The summed E-state index contributed by atoms with van der Waals surface area (Å²) >= 11 is 0. The number of aromatic hydroxyl groups is 1. The maximum absolute atomic E-state index is 12.2. The van der Waals surface area contributed by atoms with Gasteiger partial charge < -0.3 is 19.0 Å². The van der Waals surface area contributed by atoms with Crippen LogP contribution in [-0.2, 0) is 19.1 Å². The summed E-state index contributed by atoms with van der Waals surface area (Å²) in [6.45, 7) is 0.0840. The number of carbonyl (C=O) groups is 2. The summed E-state index contributed by atoms with van der Waals surface area (Å²) in [4.78, 5) is 28.4. The normalized spacial score (nSPS) is 20.3. The van der Waals surface area contributed by atoms with Crippen molar-refractivity contribution in [2.24, 2.45) is 16.8 Å². The van der Waals surface area contributed by atoms with E-state index in [1.807, 2.05) is 0 Å². The van der Waals surface area contributed by atoms with Gasteiger partial charge in [0.2, 0.25) is 0 Å². The number of para-hydroxylation sites is 1. The van der Waals surface area contributed by atoms with Crippen LogP contribution in [-0.4, -0.2) is 43.5 Å². The summed E-state index contributed by atoms with van der Waals surface area (Å²) in [5.41, 5.74) is 1.05. The molecule has 1 aliphatic heterocycles. The van der Waals surface area contributed by atoms with Gasteiger partial charge in [0.25, 0.3) is 5.95 Å². The second kappa shape index (κ2) is 5.75. The first kappa shape index (κ1) is 15.1. The molecule has 0 aliphatic carbocycles. The third kappa shape index (κ3) is 2.34. The number of hydrogen-bond acceptors (Lipinski definition) is 7. The van der Waals surface area contributed by atoms with Crippen LogP contribution in [0, 0.1) is 11.8 Å². The van der Waals surface area contributed by atoms with Crippen LogP contribution in [0.1, 0.15) is 5.56 Å². The molecular weight excluding hydrogens is 302 g/mol. The summed E-state index contributed by atoms with van der Waals surface area (Å²) in [5, 5.41) is 10.7. The second-order valence-corrected chi connectivity index (χ2v) is 5.13. The number of esters is 2. The van der Waals surface area contributed by atoms with E-state index in [9.17, 15) is 14.7 Å². The Kier molecular flexibility index (Phi) is 3.77. The monoisotopic (exact) mass is 317 g/mol. The Balaban J connectivity index is 2.12. The maximum Gasteiger partial charge on any atom is 0.315 e. The summed E-state index contributed by atoms with van der Waals surface area (Å²) in [6.07, 6.45) is 0. The van der Waals surface area contributed by atoms with Crippen LogP contribution in [0.4, 0.5) is 0 Å². The number of benzene rings is 1. The Hall–Kier alpha value is -2.83. The average molecular weight is 317 g/mol. The summed E-state index contributed by atoms with van der Waals surface area (Å²) in [6, 6.07) is 6.98. The Morgan fingerprint density at radius 3 is 2.61 bits per heavy atom. The lowest BCUT2D eigenvalue weighted by Gasteiger charge is -2.16. The molecule has 120 valence electrons. The molecule has 0 saturated heterocycles. The first-order valence-corrected chi connectivity index (χ1v) is 6.99. The van der Waals surface area contributed by atoms with Crippen molar-refractivity contribution in [1.82, 2.24) is 0 Å². The van der Waals surface area contributed by atoms with E-state index in [0.717, 1.165) is 0 Å². The molecule has 0 amide bonds. The van der Waals surface area contributed by atoms with Crippen LogP contribution < -0.4 is 0 Å². The highest BCUT2D eigenvalue weighted by atomic mass is 16.5. The number of nitrogens with zero attached hydrogens (tertiary/aromatic N) is 1. The van der Waals surface area contributed by atoms with E-state index < -0.39 is 23.8 Å². The van der Waals surface area contributed by atoms with Crippen molar-refractivity contribution in [1.29, 1.82) is 0 Å². The molecule has 1 aliphatic rings. The fraction of sp³-hybridized carbons (Fsp3) is 0.312. The van der Waals surface area contributed by atoms with Gasteiger partial charge in [-0.2, -0.15) is 0 Å². The molecule has 0 fully saturated rings. The molecular formula is C16H15NO6. The molecule has 23 heavy (non-hydrogen) atoms. The number of methoxy groups -OCH3 is 2. The van der Waals surface area contributed by atoms with Crippen LogP contribution in [0.3, 0.4) is 0 Å². The minimum absolute atomic E-state index is 0.0840. The zero-order chi connectivity index (χ0) is 16.6. The molecule has 0 radical (unpaired) electrons. The van der Waals surface area contributed by atoms with E-state index >= 15 is 0 Å². The molecule has 0 unspecified atom stereocenters. The standard InChI is InChI=1S/C16H15NO6/c1-21-14(18)9-7-17-13(12(9)15(19)22-2)11-8-5-3-4-6-10(8)23-16(11)20/h3-6,9,12,20H,7H2,1-2H3/t9-,12+/m0/s1. The van der Waals surface area contributed by atoms with Crippen molar-refractivity contribution in [2.75, 3.05) is 20.8 Å². The van der Waals surface area contributed by atoms with Gasteiger partial charge in [-0.15, -0.1) is 0 Å². The van der Waals surface area contributed by atoms with Gasteiger partial charge >= 0.3 is 11.9 Å². The molecule has 1 aromatic heterocycles. The van der Waals surface area contributed by atoms with E-state index in [4.69, 9.17) is 13.9 Å². The highest BCUT2D eigenvalue weighted by molar-refractivity contribution is 6.21. The van der Waals surface area contributed by atoms with Crippen LogP contribution in [0.15, 0.2) is 33.7 Å². The topological polar surface area (TPSA) is 98.3 Å². The van der Waals surface area contributed by atoms with Gasteiger partial charge in [0.15, 0.2) is 0 Å². The Morgan fingerprint density at radius 1 is 1.22 bits per heavy atom. The number of rotatable bonds is 3. The van der Waals surface area contributed by atoms with Gasteiger partial charge in [0.05, 0.1) is 38.0 Å². The smallest absolute Gasteiger partial charge is 0.315 e. The minimum atomic E-state index is -0.945. The zero-order valence-electron chi connectivity index (χ0n) is 12.6. The van der Waals surface area contributed by atoms with Crippen molar-refractivity contribution in [3.63, 3.8) is 0 Å². The largest absolute Gasteiger partial charge is 0.480 e. The highest BCUT2D eigenvalue weighted by Crippen LogP contribution is 2.37. The van der Waals surface area contributed by atoms with E-state index in [2.05, 4.69) is 4.99 Å². The van der Waals surface area contributed by atoms with Crippen LogP contribution in [0.5, 0.6) is 5.95 Å². The zero-order valence-corrected chi connectivity index (χ0v) is 12.6. The first-order chi connectivity index (χ1) is 11.1. The first-order valence-electron chi connectivity index (χ1n) is 6.99. The summed E-state index contributed by atoms with van der Waals surface area (Å²) in [7, 11) is 2.49. The highest BCUT2D eigenvalue weighted by Gasteiger charge is 2.45. The minimum Gasteiger partial charge on any atom is -0.480 e. The lowest BCUT2D eigenvalue weighted by Crippen LogP contribution is -2.34. The van der Waals surface area contributed by atoms with Crippen molar-refractivity contribution < 1.29 is 28.6 Å². The molecule has 3 rings (SSSR count). The molecule has 7 heteroatoms. The summed E-state index contributed by atoms with van der Waals surface area (Å²) in [5.74, 6) is -3.23. The quantitative estimate of drug-likeness (QED) is 0.862. The van der Waals surface area contributed by atoms with E-state index in [0.29, 0.717) is 16.5 Å². The van der Waals surface area contributed by atoms with E-state index in [-0.39, 0.29) is 18.2 Å². The Morgan fingerprint density at radius 2 is 1.91 bits per heavy atom. The van der Waals surface area contributed by atoms with Crippen molar-refractivity contribution in [3.8, 4) is 5.95 Å². The van der Waals surface area contributed by atoms with Gasteiger partial charge in [-0.3, -0.25) is 14.6 Å². The number of furan rings is 1. The van der Waals surface area contributed by atoms with Gasteiger partial charge in [-0.1, -0.05) is 18.2 Å². The van der Waals surface area contributed by atoms with Crippen molar-refractivity contribution in [2.45, 2.75) is 0 Å². The number of hydrogen-bond donors (Lipinski definition) is 1. The van der Waals surface area contributed by atoms with Gasteiger partial charge in [-0.05, 0) is 6.07 Å². The molecule has 0 spiro atoms. The molecule has 2 heterocycles. The lowest BCUT2D eigenvalue weighted by molar-refractivity contribution is -0.153. The molecule has 1 aromatic carbocycles. The number of fused-ring (bicyclic) bond motifs is 1. The van der Waals surface area contributed by atoms with Crippen LogP contribution in [0.2, 0.25) is 0 Å². The summed E-state index contributed by atoms with van der Waals surface area (Å²) < 4.78 is 14.8. The van der Waals surface area contributed by atoms with E-state index in [1.165, 1.54) is 14.2 Å². The van der Waals surface area contributed by atoms with E-state index in [1.54, 1.807) is 24.3 Å². The molecule has 7 nitrogen and oxygen atoms in total. The third-order valence-electron chi connectivity index (χ3n) is 3.95. The average Bonchev–Trinajstić information content (AvgIpc) is 3.13. The molecule has 0 bridgehead atoms. The fourth-order valence-corrected chi connectivity index (χ4v) is 2.87. The van der Waals surface area contributed by atoms with Gasteiger partial charge in [0, 0.05) is 5.39 Å². The second-order valence-electron chi connectivity index (χ2n) is 5.13. The van der Waals surface area contributed by atoms with Crippen LogP contribution >= 0.6 is 0 Å². The number of ether oxygens (including phenoxy) is 2. The molecule has 0 saturated carbocycles. The lowest BCUT2D eigenvalue weighted by atomic mass is 9.87. The Bertz CT molecular complexity index is 806. The van der Waals surface area contributed by atoms with Crippen LogP contribution in [0.25, 0.3) is 11.0 Å². The maximum atomic E-state index is 12.2. The number of carbonyl (C=O) groups excluding carboxylic acids is 2. The predicted molar refractivity (Wildman–Crippen MR) is 80.3 cm³/mol.